The number of hydrogen-bond acceptors (Lipinski definition) is 3. The second-order valence-electron chi connectivity index (χ2n) is 6.19. The SMILES string of the molecule is CN1C2CCC1CC(CNC(=O)c1ccccc1N)C2. The van der Waals surface area contributed by atoms with Crippen molar-refractivity contribution in [3.63, 3.8) is 0 Å². The number of anilines is 1. The molecule has 2 aliphatic rings. The Hall–Kier alpha value is -1.55. The quantitative estimate of drug-likeness (QED) is 0.827. The minimum atomic E-state index is -0.0469. The van der Waals surface area contributed by atoms with Crippen molar-refractivity contribution >= 4 is 11.6 Å². The second kappa shape index (κ2) is 5.44. The third-order valence-corrected chi connectivity index (χ3v) is 4.95. The number of carbonyl (C=O) groups excluding carboxylic acids is 1. The van der Waals surface area contributed by atoms with Crippen LogP contribution in [0, 0.1) is 5.92 Å². The maximum Gasteiger partial charge on any atom is 0.253 e. The summed E-state index contributed by atoms with van der Waals surface area (Å²) in [4.78, 5) is 14.7. The van der Waals surface area contributed by atoms with Crippen LogP contribution in [-0.4, -0.2) is 36.5 Å². The Bertz CT molecular complexity index is 488. The van der Waals surface area contributed by atoms with Crippen LogP contribution in [0.1, 0.15) is 36.0 Å². The summed E-state index contributed by atoms with van der Waals surface area (Å²) < 4.78 is 0. The largest absolute Gasteiger partial charge is 0.398 e. The van der Waals surface area contributed by atoms with E-state index < -0.39 is 0 Å². The Morgan fingerprint density at radius 3 is 2.60 bits per heavy atom. The molecular formula is C16H23N3O. The smallest absolute Gasteiger partial charge is 0.253 e. The zero-order valence-corrected chi connectivity index (χ0v) is 12.0. The molecule has 0 radical (unpaired) electrons. The van der Waals surface area contributed by atoms with Crippen molar-refractivity contribution < 1.29 is 4.79 Å². The molecule has 108 valence electrons. The predicted molar refractivity (Wildman–Crippen MR) is 80.5 cm³/mol. The van der Waals surface area contributed by atoms with Crippen LogP contribution >= 0.6 is 0 Å². The number of piperidine rings is 1. The van der Waals surface area contributed by atoms with Crippen molar-refractivity contribution in [2.75, 3.05) is 19.3 Å². The number of benzene rings is 1. The Kier molecular flexibility index (Phi) is 3.66. The van der Waals surface area contributed by atoms with E-state index in [4.69, 9.17) is 5.73 Å². The van der Waals surface area contributed by atoms with E-state index in [2.05, 4.69) is 17.3 Å². The molecule has 0 aromatic heterocycles. The number of rotatable bonds is 3. The molecule has 2 bridgehead atoms. The molecule has 2 aliphatic heterocycles. The summed E-state index contributed by atoms with van der Waals surface area (Å²) in [6.45, 7) is 0.772. The summed E-state index contributed by atoms with van der Waals surface area (Å²) in [7, 11) is 2.24. The van der Waals surface area contributed by atoms with E-state index >= 15 is 0 Å². The summed E-state index contributed by atoms with van der Waals surface area (Å²) in [5.41, 5.74) is 6.97. The van der Waals surface area contributed by atoms with Crippen molar-refractivity contribution in [2.45, 2.75) is 37.8 Å². The molecule has 2 saturated heterocycles. The lowest BCUT2D eigenvalue weighted by molar-refractivity contribution is 0.0918. The lowest BCUT2D eigenvalue weighted by atomic mass is 9.91. The molecule has 20 heavy (non-hydrogen) atoms. The van der Waals surface area contributed by atoms with Gasteiger partial charge in [0.15, 0.2) is 0 Å². The molecule has 0 aliphatic carbocycles. The molecule has 2 fully saturated rings. The lowest BCUT2D eigenvalue weighted by Crippen LogP contribution is -2.43. The summed E-state index contributed by atoms with van der Waals surface area (Å²) in [5, 5.41) is 3.06. The molecule has 0 saturated carbocycles. The van der Waals surface area contributed by atoms with E-state index in [1.165, 1.54) is 25.7 Å². The van der Waals surface area contributed by atoms with Crippen molar-refractivity contribution in [1.82, 2.24) is 10.2 Å². The van der Waals surface area contributed by atoms with Gasteiger partial charge >= 0.3 is 0 Å². The maximum absolute atomic E-state index is 12.1. The van der Waals surface area contributed by atoms with Crippen molar-refractivity contribution in [3.8, 4) is 0 Å². The number of nitrogens with zero attached hydrogens (tertiary/aromatic N) is 1. The third kappa shape index (κ3) is 2.52. The van der Waals surface area contributed by atoms with E-state index in [0.717, 1.165) is 18.6 Å². The summed E-state index contributed by atoms with van der Waals surface area (Å²) in [6, 6.07) is 8.69. The topological polar surface area (TPSA) is 58.4 Å². The fraction of sp³-hybridized carbons (Fsp3) is 0.562. The van der Waals surface area contributed by atoms with Gasteiger partial charge < -0.3 is 16.0 Å². The van der Waals surface area contributed by atoms with Gasteiger partial charge in [0.2, 0.25) is 0 Å². The first-order valence-corrected chi connectivity index (χ1v) is 7.50. The number of nitrogens with one attached hydrogen (secondary N) is 1. The van der Waals surface area contributed by atoms with Crippen molar-refractivity contribution in [2.24, 2.45) is 5.92 Å². The van der Waals surface area contributed by atoms with Gasteiger partial charge in [-0.25, -0.2) is 0 Å². The molecule has 1 aromatic carbocycles. The van der Waals surface area contributed by atoms with E-state index in [1.54, 1.807) is 12.1 Å². The molecule has 2 heterocycles. The van der Waals surface area contributed by atoms with E-state index in [0.29, 0.717) is 17.2 Å². The first kappa shape index (κ1) is 13.4. The van der Waals surface area contributed by atoms with Gasteiger partial charge in [0.05, 0.1) is 5.56 Å². The highest BCUT2D eigenvalue weighted by Gasteiger charge is 2.38. The van der Waals surface area contributed by atoms with Gasteiger partial charge in [-0.1, -0.05) is 12.1 Å². The highest BCUT2D eigenvalue weighted by atomic mass is 16.1. The van der Waals surface area contributed by atoms with Crippen LogP contribution in [-0.2, 0) is 0 Å². The van der Waals surface area contributed by atoms with Gasteiger partial charge in [0.1, 0.15) is 0 Å². The zero-order valence-electron chi connectivity index (χ0n) is 12.0. The molecule has 4 nitrogen and oxygen atoms in total. The molecule has 0 spiro atoms. The molecule has 2 atom stereocenters. The predicted octanol–water partition coefficient (Wildman–Crippen LogP) is 1.87. The Labute approximate surface area is 120 Å². The fourth-order valence-electron chi connectivity index (χ4n) is 3.73. The molecule has 1 amide bonds. The normalized spacial score (nSPS) is 29.4. The number of amides is 1. The highest BCUT2D eigenvalue weighted by molar-refractivity contribution is 5.99. The number of hydrogen-bond donors (Lipinski definition) is 2. The van der Waals surface area contributed by atoms with Gasteiger partial charge in [-0.2, -0.15) is 0 Å². The third-order valence-electron chi connectivity index (χ3n) is 4.95. The Morgan fingerprint density at radius 1 is 1.30 bits per heavy atom. The Morgan fingerprint density at radius 2 is 1.95 bits per heavy atom. The molecule has 3 rings (SSSR count). The van der Waals surface area contributed by atoms with Crippen LogP contribution in [0.4, 0.5) is 5.69 Å². The van der Waals surface area contributed by atoms with Crippen molar-refractivity contribution in [3.05, 3.63) is 29.8 Å². The van der Waals surface area contributed by atoms with E-state index in [1.807, 2.05) is 12.1 Å². The number of fused-ring (bicyclic) bond motifs is 2. The number of carbonyl (C=O) groups is 1. The van der Waals surface area contributed by atoms with Gasteiger partial charge in [-0.05, 0) is 50.8 Å². The van der Waals surface area contributed by atoms with Crippen LogP contribution in [0.2, 0.25) is 0 Å². The molecule has 4 heteroatoms. The first-order chi connectivity index (χ1) is 9.65. The maximum atomic E-state index is 12.1. The Balaban J connectivity index is 1.56. The monoisotopic (exact) mass is 273 g/mol. The average molecular weight is 273 g/mol. The fourth-order valence-corrected chi connectivity index (χ4v) is 3.73. The van der Waals surface area contributed by atoms with Gasteiger partial charge in [0, 0.05) is 24.3 Å². The molecular weight excluding hydrogens is 250 g/mol. The van der Waals surface area contributed by atoms with E-state index in [9.17, 15) is 4.79 Å². The van der Waals surface area contributed by atoms with E-state index in [-0.39, 0.29) is 5.91 Å². The lowest BCUT2D eigenvalue weighted by Gasteiger charge is -2.36. The van der Waals surface area contributed by atoms with Crippen LogP contribution in [0.3, 0.4) is 0 Å². The second-order valence-corrected chi connectivity index (χ2v) is 6.19. The summed E-state index contributed by atoms with van der Waals surface area (Å²) in [5.74, 6) is 0.562. The minimum absolute atomic E-state index is 0.0469. The molecule has 1 aromatic rings. The van der Waals surface area contributed by atoms with Gasteiger partial charge in [-0.15, -0.1) is 0 Å². The molecule has 2 unspecified atom stereocenters. The van der Waals surface area contributed by atoms with Gasteiger partial charge in [-0.3, -0.25) is 4.79 Å². The standard InChI is InChI=1S/C16H23N3O/c1-19-12-6-7-13(19)9-11(8-12)10-18-16(20)14-4-2-3-5-15(14)17/h2-5,11-13H,6-10,17H2,1H3,(H,18,20). The van der Waals surface area contributed by atoms with Crippen molar-refractivity contribution in [1.29, 1.82) is 0 Å². The van der Waals surface area contributed by atoms with Gasteiger partial charge in [0.25, 0.3) is 5.91 Å². The zero-order chi connectivity index (χ0) is 14.1. The van der Waals surface area contributed by atoms with Crippen LogP contribution < -0.4 is 11.1 Å². The number of nitrogens with two attached hydrogens (primary N) is 1. The van der Waals surface area contributed by atoms with Crippen LogP contribution in [0.5, 0.6) is 0 Å². The first-order valence-electron chi connectivity index (χ1n) is 7.50. The average Bonchev–Trinajstić information content (AvgIpc) is 2.66. The summed E-state index contributed by atoms with van der Waals surface area (Å²) >= 11 is 0. The van der Waals surface area contributed by atoms with Crippen LogP contribution in [0.25, 0.3) is 0 Å². The minimum Gasteiger partial charge on any atom is -0.398 e. The summed E-state index contributed by atoms with van der Waals surface area (Å²) in [6.07, 6.45) is 5.05. The highest BCUT2D eigenvalue weighted by Crippen LogP contribution is 2.37. The number of para-hydroxylation sites is 1. The number of nitrogen functional groups attached to an aromatic ring is 1. The van der Waals surface area contributed by atoms with Crippen LogP contribution in [0.15, 0.2) is 24.3 Å². The molecule has 3 N–H and O–H groups in total.